The first kappa shape index (κ1) is 12.0. The fraction of sp³-hybridized carbons (Fsp3) is 0.875. The molecule has 0 aliphatic carbocycles. The molecule has 0 aliphatic heterocycles. The molecule has 0 bridgehead atoms. The van der Waals surface area contributed by atoms with E-state index in [1.807, 2.05) is 13.1 Å². The quantitative estimate of drug-likeness (QED) is 0.299. The molecule has 1 radical (unpaired) electrons. The van der Waals surface area contributed by atoms with E-state index in [9.17, 15) is 4.79 Å². The van der Waals surface area contributed by atoms with E-state index >= 15 is 0 Å². The first-order valence-corrected chi connectivity index (χ1v) is 7.21. The van der Waals surface area contributed by atoms with Gasteiger partial charge < -0.3 is 4.74 Å². The summed E-state index contributed by atoms with van der Waals surface area (Å²) in [6.07, 6.45) is 1.96. The molecular weight excluding hydrogens is 192 g/mol. The van der Waals surface area contributed by atoms with E-state index in [1.165, 1.54) is 0 Å². The van der Waals surface area contributed by atoms with E-state index < -0.39 is 13.8 Å². The van der Waals surface area contributed by atoms with Crippen LogP contribution in [0.3, 0.4) is 0 Å². The molecule has 0 aromatic carbocycles. The van der Waals surface area contributed by atoms with E-state index in [2.05, 4.69) is 6.92 Å². The highest BCUT2D eigenvalue weighted by atomic mass is 35.5. The molecule has 0 saturated heterocycles. The van der Waals surface area contributed by atoms with Crippen LogP contribution in [0.2, 0.25) is 13.1 Å². The van der Waals surface area contributed by atoms with Crippen LogP contribution in [-0.2, 0) is 9.53 Å². The topological polar surface area (TPSA) is 26.3 Å². The molecule has 0 aliphatic rings. The second-order valence-electron chi connectivity index (χ2n) is 2.96. The van der Waals surface area contributed by atoms with Gasteiger partial charge in [-0.1, -0.05) is 26.4 Å². The molecule has 0 fully saturated rings. The number of rotatable bonds is 5. The molecule has 2 nitrogen and oxygen atoms in total. The van der Waals surface area contributed by atoms with Crippen LogP contribution in [0.1, 0.15) is 19.8 Å². The van der Waals surface area contributed by atoms with Gasteiger partial charge in [0.2, 0.25) is 0 Å². The van der Waals surface area contributed by atoms with Crippen molar-refractivity contribution in [1.29, 1.82) is 0 Å². The standard InChI is InChI=1S/C8H16ClO2Si/c1-4-5-6-11-8(10)7(9)12(2)3/h7H,4-6H2,1-3H3. The summed E-state index contributed by atoms with van der Waals surface area (Å²) >= 11 is 5.82. The predicted molar refractivity (Wildman–Crippen MR) is 53.0 cm³/mol. The van der Waals surface area contributed by atoms with Crippen LogP contribution in [0.5, 0.6) is 0 Å². The highest BCUT2D eigenvalue weighted by Gasteiger charge is 2.21. The lowest BCUT2D eigenvalue weighted by atomic mass is 10.4. The zero-order chi connectivity index (χ0) is 9.56. The van der Waals surface area contributed by atoms with Crippen LogP contribution >= 0.6 is 11.6 Å². The summed E-state index contributed by atoms with van der Waals surface area (Å²) in [7, 11) is -0.757. The van der Waals surface area contributed by atoms with Crippen molar-refractivity contribution in [3.8, 4) is 0 Å². The molecule has 71 valence electrons. The molecule has 0 amide bonds. The third-order valence-corrected chi connectivity index (χ3v) is 4.19. The number of carbonyl (C=O) groups excluding carboxylic acids is 1. The highest BCUT2D eigenvalue weighted by molar-refractivity contribution is 6.72. The lowest BCUT2D eigenvalue weighted by molar-refractivity contribution is -0.141. The minimum absolute atomic E-state index is 0.246. The number of carbonyl (C=O) groups is 1. The number of ether oxygens (including phenoxy) is 1. The Hall–Kier alpha value is -0.0231. The Balaban J connectivity index is 3.57. The van der Waals surface area contributed by atoms with Gasteiger partial charge in [0.15, 0.2) is 0 Å². The summed E-state index contributed by atoms with van der Waals surface area (Å²) in [5, 5.41) is -0.396. The largest absolute Gasteiger partial charge is 0.465 e. The summed E-state index contributed by atoms with van der Waals surface area (Å²) in [4.78, 5) is 11.1. The molecule has 0 aromatic heterocycles. The van der Waals surface area contributed by atoms with Crippen molar-refractivity contribution in [3.05, 3.63) is 0 Å². The first-order valence-electron chi connectivity index (χ1n) is 4.20. The molecule has 0 aromatic rings. The molecular formula is C8H16ClO2Si. The van der Waals surface area contributed by atoms with Gasteiger partial charge in [-0.15, -0.1) is 11.6 Å². The monoisotopic (exact) mass is 207 g/mol. The molecule has 1 atom stereocenters. The predicted octanol–water partition coefficient (Wildman–Crippen LogP) is 2.23. The third kappa shape index (κ3) is 4.77. The SMILES string of the molecule is CCCCOC(=O)C(Cl)[Si](C)C. The van der Waals surface area contributed by atoms with Gasteiger partial charge in [0.05, 0.1) is 15.4 Å². The zero-order valence-corrected chi connectivity index (χ0v) is 9.65. The van der Waals surface area contributed by atoms with E-state index in [0.717, 1.165) is 12.8 Å². The van der Waals surface area contributed by atoms with E-state index in [1.54, 1.807) is 0 Å². The number of unbranched alkanes of at least 4 members (excludes halogenated alkanes) is 1. The average molecular weight is 208 g/mol. The normalized spacial score (nSPS) is 13.1. The fourth-order valence-corrected chi connectivity index (χ4v) is 1.24. The van der Waals surface area contributed by atoms with Crippen LogP contribution in [-0.4, -0.2) is 26.4 Å². The number of hydrogen-bond donors (Lipinski definition) is 0. The van der Waals surface area contributed by atoms with Crippen molar-refractivity contribution >= 4 is 26.4 Å². The zero-order valence-electron chi connectivity index (χ0n) is 7.89. The second-order valence-corrected chi connectivity index (χ2v) is 6.50. The van der Waals surface area contributed by atoms with Gasteiger partial charge in [0.1, 0.15) is 5.00 Å². The van der Waals surface area contributed by atoms with Crippen LogP contribution in [0.15, 0.2) is 0 Å². The lowest BCUT2D eigenvalue weighted by Crippen LogP contribution is -2.30. The maximum Gasteiger partial charge on any atom is 0.320 e. The summed E-state index contributed by atoms with van der Waals surface area (Å²) < 4.78 is 4.96. The summed E-state index contributed by atoms with van der Waals surface area (Å²) in [5.41, 5.74) is 0. The van der Waals surface area contributed by atoms with Crippen molar-refractivity contribution in [2.45, 2.75) is 37.9 Å². The minimum Gasteiger partial charge on any atom is -0.465 e. The van der Waals surface area contributed by atoms with E-state index in [4.69, 9.17) is 16.3 Å². The number of alkyl halides is 1. The van der Waals surface area contributed by atoms with Crippen LogP contribution in [0, 0.1) is 0 Å². The Bertz CT molecular complexity index is 139. The number of hydrogen-bond acceptors (Lipinski definition) is 2. The Morgan fingerprint density at radius 1 is 1.58 bits per heavy atom. The minimum atomic E-state index is -0.757. The van der Waals surface area contributed by atoms with Gasteiger partial charge >= 0.3 is 5.97 Å². The van der Waals surface area contributed by atoms with Gasteiger partial charge in [0, 0.05) is 0 Å². The molecule has 0 rings (SSSR count). The van der Waals surface area contributed by atoms with Crippen molar-refractivity contribution < 1.29 is 9.53 Å². The van der Waals surface area contributed by atoms with Crippen molar-refractivity contribution in [1.82, 2.24) is 0 Å². The third-order valence-electron chi connectivity index (χ3n) is 1.46. The van der Waals surface area contributed by atoms with Gasteiger partial charge in [-0.2, -0.15) is 0 Å². The van der Waals surface area contributed by atoms with Gasteiger partial charge in [-0.25, -0.2) is 0 Å². The Kier molecular flexibility index (Phi) is 6.48. The van der Waals surface area contributed by atoms with Crippen LogP contribution in [0.25, 0.3) is 0 Å². The second kappa shape index (κ2) is 6.49. The molecule has 0 heterocycles. The maximum absolute atomic E-state index is 11.1. The average Bonchev–Trinajstić information content (AvgIpc) is 2.03. The Labute approximate surface area is 80.8 Å². The number of halogens is 1. The Morgan fingerprint density at radius 2 is 2.17 bits per heavy atom. The fourth-order valence-electron chi connectivity index (χ4n) is 0.626. The van der Waals surface area contributed by atoms with Crippen molar-refractivity contribution in [2.75, 3.05) is 6.61 Å². The molecule has 0 saturated carbocycles. The Morgan fingerprint density at radius 3 is 2.58 bits per heavy atom. The van der Waals surface area contributed by atoms with Gasteiger partial charge in [-0.05, 0) is 6.42 Å². The summed E-state index contributed by atoms with van der Waals surface area (Å²) in [5.74, 6) is -0.246. The van der Waals surface area contributed by atoms with Crippen LogP contribution < -0.4 is 0 Å². The van der Waals surface area contributed by atoms with Crippen LogP contribution in [0.4, 0.5) is 0 Å². The van der Waals surface area contributed by atoms with Gasteiger partial charge in [0.25, 0.3) is 0 Å². The highest BCUT2D eigenvalue weighted by Crippen LogP contribution is 2.04. The summed E-state index contributed by atoms with van der Waals surface area (Å²) in [6, 6.07) is 0. The van der Waals surface area contributed by atoms with Crippen molar-refractivity contribution in [3.63, 3.8) is 0 Å². The summed E-state index contributed by atoms with van der Waals surface area (Å²) in [6.45, 7) is 6.57. The maximum atomic E-state index is 11.1. The van der Waals surface area contributed by atoms with Crippen molar-refractivity contribution in [2.24, 2.45) is 0 Å². The van der Waals surface area contributed by atoms with E-state index in [0.29, 0.717) is 6.61 Å². The molecule has 4 heteroatoms. The smallest absolute Gasteiger partial charge is 0.320 e. The lowest BCUT2D eigenvalue weighted by Gasteiger charge is -2.10. The first-order chi connectivity index (χ1) is 5.59. The molecule has 0 N–H and O–H groups in total. The van der Waals surface area contributed by atoms with E-state index in [-0.39, 0.29) is 5.97 Å². The number of esters is 1. The molecule has 12 heavy (non-hydrogen) atoms. The molecule has 1 unspecified atom stereocenters. The molecule has 0 spiro atoms. The van der Waals surface area contributed by atoms with Gasteiger partial charge in [-0.3, -0.25) is 4.79 Å².